The minimum Gasteiger partial charge on any atom is -0.301 e. The lowest BCUT2D eigenvalue weighted by Gasteiger charge is -2.34. The van der Waals surface area contributed by atoms with Crippen LogP contribution in [0.3, 0.4) is 0 Å². The highest BCUT2D eigenvalue weighted by atomic mass is 79.9. The highest BCUT2D eigenvalue weighted by molar-refractivity contribution is 9.10. The fourth-order valence-electron chi connectivity index (χ4n) is 2.38. The van der Waals surface area contributed by atoms with E-state index in [4.69, 9.17) is 0 Å². The van der Waals surface area contributed by atoms with Crippen molar-refractivity contribution in [3.8, 4) is 0 Å². The molecule has 0 saturated carbocycles. The van der Waals surface area contributed by atoms with Gasteiger partial charge in [0.1, 0.15) is 5.82 Å². The molecule has 18 heavy (non-hydrogen) atoms. The minimum absolute atomic E-state index is 0.111. The van der Waals surface area contributed by atoms with E-state index in [1.165, 1.54) is 13.0 Å². The number of hydrogen-bond donors (Lipinski definition) is 0. The zero-order chi connectivity index (χ0) is 13.0. The topological polar surface area (TPSA) is 6.48 Å². The zero-order valence-corrected chi connectivity index (χ0v) is 12.4. The number of benzene rings is 1. The molecule has 0 aliphatic carbocycles. The average molecular weight is 315 g/mol. The molecule has 0 spiro atoms. The summed E-state index contributed by atoms with van der Waals surface area (Å²) in [6.45, 7) is 8.39. The molecular formula is C14H20BrFN2. The van der Waals surface area contributed by atoms with Gasteiger partial charge in [-0.3, -0.25) is 4.90 Å². The predicted molar refractivity (Wildman–Crippen MR) is 76.1 cm³/mol. The van der Waals surface area contributed by atoms with Gasteiger partial charge in [-0.25, -0.2) is 4.39 Å². The summed E-state index contributed by atoms with van der Waals surface area (Å²) < 4.78 is 14.5. The number of hydrogen-bond acceptors (Lipinski definition) is 2. The van der Waals surface area contributed by atoms with Crippen molar-refractivity contribution in [1.29, 1.82) is 0 Å². The summed E-state index contributed by atoms with van der Waals surface area (Å²) in [5.41, 5.74) is 0.794. The van der Waals surface area contributed by atoms with E-state index in [9.17, 15) is 4.39 Å². The van der Waals surface area contributed by atoms with Crippen LogP contribution in [0.25, 0.3) is 0 Å². The summed E-state index contributed by atoms with van der Waals surface area (Å²) in [7, 11) is 0. The highest BCUT2D eigenvalue weighted by Crippen LogP contribution is 2.17. The van der Waals surface area contributed by atoms with Gasteiger partial charge in [-0.15, -0.1) is 0 Å². The van der Waals surface area contributed by atoms with Gasteiger partial charge in [0.05, 0.1) is 0 Å². The van der Waals surface area contributed by atoms with E-state index in [1.54, 1.807) is 6.07 Å². The van der Waals surface area contributed by atoms with Gasteiger partial charge < -0.3 is 4.90 Å². The Morgan fingerprint density at radius 1 is 1.17 bits per heavy atom. The van der Waals surface area contributed by atoms with Crippen molar-refractivity contribution in [2.24, 2.45) is 0 Å². The first kappa shape index (κ1) is 14.0. The summed E-state index contributed by atoms with van der Waals surface area (Å²) in [6, 6.07) is 5.33. The molecule has 0 amide bonds. The maximum Gasteiger partial charge on any atom is 0.128 e. The number of halogens is 2. The van der Waals surface area contributed by atoms with Gasteiger partial charge >= 0.3 is 0 Å². The summed E-state index contributed by atoms with van der Waals surface area (Å²) >= 11 is 3.29. The second kappa shape index (κ2) is 6.64. The Labute approximate surface area is 117 Å². The Morgan fingerprint density at radius 3 is 2.44 bits per heavy atom. The third kappa shape index (κ3) is 3.77. The molecule has 1 heterocycles. The molecule has 2 rings (SSSR count). The van der Waals surface area contributed by atoms with Crippen molar-refractivity contribution in [2.75, 3.05) is 32.7 Å². The van der Waals surface area contributed by atoms with Crippen LogP contribution < -0.4 is 0 Å². The molecule has 1 fully saturated rings. The summed E-state index contributed by atoms with van der Waals surface area (Å²) in [5.74, 6) is -0.111. The zero-order valence-electron chi connectivity index (χ0n) is 10.8. The average Bonchev–Trinajstić information content (AvgIpc) is 2.35. The van der Waals surface area contributed by atoms with Gasteiger partial charge in [0, 0.05) is 42.8 Å². The Bertz CT molecular complexity index is 389. The molecule has 0 aromatic heterocycles. The van der Waals surface area contributed by atoms with Crippen molar-refractivity contribution in [2.45, 2.75) is 19.9 Å². The first-order valence-electron chi connectivity index (χ1n) is 6.57. The predicted octanol–water partition coefficient (Wildman–Crippen LogP) is 3.12. The van der Waals surface area contributed by atoms with E-state index in [1.807, 2.05) is 12.1 Å². The minimum atomic E-state index is -0.111. The second-order valence-electron chi connectivity index (χ2n) is 4.85. The highest BCUT2D eigenvalue weighted by Gasteiger charge is 2.17. The van der Waals surface area contributed by atoms with Crippen molar-refractivity contribution in [3.63, 3.8) is 0 Å². The largest absolute Gasteiger partial charge is 0.301 e. The molecule has 0 bridgehead atoms. The summed E-state index contributed by atoms with van der Waals surface area (Å²) in [5, 5.41) is 0. The van der Waals surface area contributed by atoms with Crippen LogP contribution in [0.4, 0.5) is 4.39 Å². The lowest BCUT2D eigenvalue weighted by atomic mass is 10.2. The van der Waals surface area contributed by atoms with Crippen molar-refractivity contribution >= 4 is 15.9 Å². The Balaban J connectivity index is 1.87. The molecule has 1 aliphatic rings. The Hall–Kier alpha value is -0.450. The molecule has 0 radical (unpaired) electrons. The monoisotopic (exact) mass is 314 g/mol. The standard InChI is InChI=1S/C14H20BrFN2/c1-2-5-17-6-8-18(9-7-17)11-12-3-4-13(15)10-14(12)16/h3-4,10H,2,5-9,11H2,1H3. The third-order valence-corrected chi connectivity index (χ3v) is 3.91. The van der Waals surface area contributed by atoms with Crippen LogP contribution in [0.2, 0.25) is 0 Å². The lowest BCUT2D eigenvalue weighted by Crippen LogP contribution is -2.46. The quantitative estimate of drug-likeness (QED) is 0.842. The molecule has 4 heteroatoms. The van der Waals surface area contributed by atoms with E-state index < -0.39 is 0 Å². The van der Waals surface area contributed by atoms with Gasteiger partial charge in [0.2, 0.25) is 0 Å². The van der Waals surface area contributed by atoms with Crippen molar-refractivity contribution < 1.29 is 4.39 Å². The fourth-order valence-corrected chi connectivity index (χ4v) is 2.71. The lowest BCUT2D eigenvalue weighted by molar-refractivity contribution is 0.126. The fraction of sp³-hybridized carbons (Fsp3) is 0.571. The molecule has 2 nitrogen and oxygen atoms in total. The molecule has 0 N–H and O–H groups in total. The maximum atomic E-state index is 13.7. The summed E-state index contributed by atoms with van der Waals surface area (Å²) in [6.07, 6.45) is 1.21. The first-order valence-corrected chi connectivity index (χ1v) is 7.37. The van der Waals surface area contributed by atoms with Crippen LogP contribution >= 0.6 is 15.9 Å². The Kier molecular flexibility index (Phi) is 5.15. The van der Waals surface area contributed by atoms with Gasteiger partial charge in [-0.2, -0.15) is 0 Å². The molecule has 0 unspecified atom stereocenters. The van der Waals surface area contributed by atoms with Crippen LogP contribution in [0, 0.1) is 5.82 Å². The van der Waals surface area contributed by atoms with E-state index >= 15 is 0 Å². The van der Waals surface area contributed by atoms with E-state index in [2.05, 4.69) is 32.7 Å². The molecule has 100 valence electrons. The number of piperazine rings is 1. The van der Waals surface area contributed by atoms with Gasteiger partial charge in [-0.1, -0.05) is 28.9 Å². The molecule has 1 aliphatic heterocycles. The molecular weight excluding hydrogens is 295 g/mol. The third-order valence-electron chi connectivity index (χ3n) is 3.41. The smallest absolute Gasteiger partial charge is 0.128 e. The van der Waals surface area contributed by atoms with Crippen LogP contribution in [0.1, 0.15) is 18.9 Å². The second-order valence-corrected chi connectivity index (χ2v) is 5.77. The van der Waals surface area contributed by atoms with Gasteiger partial charge in [0.15, 0.2) is 0 Å². The van der Waals surface area contributed by atoms with Crippen molar-refractivity contribution in [3.05, 3.63) is 34.1 Å². The van der Waals surface area contributed by atoms with Crippen LogP contribution in [-0.2, 0) is 6.54 Å². The van der Waals surface area contributed by atoms with Gasteiger partial charge in [0.25, 0.3) is 0 Å². The molecule has 0 atom stereocenters. The SMILES string of the molecule is CCCN1CCN(Cc2ccc(Br)cc2F)CC1. The normalized spacial score (nSPS) is 18.2. The number of nitrogens with zero attached hydrogens (tertiary/aromatic N) is 2. The molecule has 1 saturated heterocycles. The first-order chi connectivity index (χ1) is 8.69. The van der Waals surface area contributed by atoms with Crippen LogP contribution in [-0.4, -0.2) is 42.5 Å². The van der Waals surface area contributed by atoms with Crippen LogP contribution in [0.15, 0.2) is 22.7 Å². The van der Waals surface area contributed by atoms with E-state index in [0.29, 0.717) is 0 Å². The molecule has 1 aromatic rings. The number of rotatable bonds is 4. The van der Waals surface area contributed by atoms with Crippen molar-refractivity contribution in [1.82, 2.24) is 9.80 Å². The van der Waals surface area contributed by atoms with Crippen LogP contribution in [0.5, 0.6) is 0 Å². The van der Waals surface area contributed by atoms with E-state index in [-0.39, 0.29) is 5.82 Å². The Morgan fingerprint density at radius 2 is 1.83 bits per heavy atom. The molecule has 1 aromatic carbocycles. The maximum absolute atomic E-state index is 13.7. The van der Waals surface area contributed by atoms with Gasteiger partial charge in [-0.05, 0) is 25.1 Å². The van der Waals surface area contributed by atoms with E-state index in [0.717, 1.165) is 42.8 Å². The summed E-state index contributed by atoms with van der Waals surface area (Å²) in [4.78, 5) is 4.81.